The minimum absolute atomic E-state index is 0.527. The van der Waals surface area contributed by atoms with Crippen LogP contribution in [0.4, 0.5) is 5.69 Å². The summed E-state index contributed by atoms with van der Waals surface area (Å²) in [6.07, 6.45) is 6.17. The number of rotatable bonds is 5. The molecule has 4 heterocycles. The maximum Gasteiger partial charge on any atom is 0.151 e. The summed E-state index contributed by atoms with van der Waals surface area (Å²) in [6.45, 7) is 11.7. The van der Waals surface area contributed by atoms with Gasteiger partial charge < -0.3 is 14.5 Å². The molecular weight excluding hydrogens is 422 g/mol. The number of nitrogens with zero attached hydrogens (tertiary/aromatic N) is 5. The summed E-state index contributed by atoms with van der Waals surface area (Å²) in [5.74, 6) is 1.94. The molecular formula is C28H35N5O. The Morgan fingerprint density at radius 3 is 2.35 bits per heavy atom. The highest BCUT2D eigenvalue weighted by molar-refractivity contribution is 5.70. The predicted octanol–water partition coefficient (Wildman–Crippen LogP) is 4.56. The van der Waals surface area contributed by atoms with E-state index in [1.165, 1.54) is 49.2 Å². The molecule has 0 amide bonds. The van der Waals surface area contributed by atoms with Crippen LogP contribution in [-0.4, -0.2) is 65.2 Å². The zero-order valence-corrected chi connectivity index (χ0v) is 20.2. The topological polar surface area (TPSA) is 36.8 Å². The average molecular weight is 458 g/mol. The summed E-state index contributed by atoms with van der Waals surface area (Å²) in [5, 5.41) is 0. The van der Waals surface area contributed by atoms with Crippen molar-refractivity contribution < 1.29 is 4.74 Å². The SMILES string of the molecule is CCN1CCN(c2ccc(-c3ccc4c(c3)OCc3nc(CN5CCCCC5)cn3-4)cc2)CC1. The lowest BCUT2D eigenvalue weighted by molar-refractivity contribution is 0.218. The summed E-state index contributed by atoms with van der Waals surface area (Å²) in [4.78, 5) is 12.4. The number of aromatic nitrogens is 2. The summed E-state index contributed by atoms with van der Waals surface area (Å²) in [6, 6.07) is 15.6. The molecule has 0 saturated carbocycles. The minimum atomic E-state index is 0.527. The van der Waals surface area contributed by atoms with Crippen LogP contribution in [0.2, 0.25) is 0 Å². The maximum absolute atomic E-state index is 6.15. The molecule has 2 aromatic carbocycles. The van der Waals surface area contributed by atoms with E-state index in [0.29, 0.717) is 6.61 Å². The number of benzene rings is 2. The third kappa shape index (κ3) is 4.32. The van der Waals surface area contributed by atoms with Crippen molar-refractivity contribution in [2.75, 3.05) is 50.7 Å². The lowest BCUT2D eigenvalue weighted by Crippen LogP contribution is -2.46. The number of likely N-dealkylation sites (N-methyl/N-ethyl adjacent to an activating group) is 1. The molecule has 0 unspecified atom stereocenters. The Morgan fingerprint density at radius 2 is 1.59 bits per heavy atom. The van der Waals surface area contributed by atoms with Gasteiger partial charge in [0.15, 0.2) is 5.82 Å². The van der Waals surface area contributed by atoms with Crippen molar-refractivity contribution in [3.63, 3.8) is 0 Å². The van der Waals surface area contributed by atoms with E-state index in [1.807, 2.05) is 0 Å². The standard InChI is InChI=1S/C28H35N5O/c1-2-30-14-16-32(17-15-30)25-9-6-22(7-10-25)23-8-11-26-27(18-23)34-21-28-29-24(20-33(26)28)19-31-12-4-3-5-13-31/h6-11,18,20H,2-5,12-17,19,21H2,1H3. The van der Waals surface area contributed by atoms with Crippen molar-refractivity contribution in [1.82, 2.24) is 19.4 Å². The van der Waals surface area contributed by atoms with Crippen LogP contribution in [-0.2, 0) is 13.2 Å². The first-order valence-electron chi connectivity index (χ1n) is 12.9. The molecule has 3 aliphatic heterocycles. The number of hydrogen-bond donors (Lipinski definition) is 0. The quantitative estimate of drug-likeness (QED) is 0.561. The van der Waals surface area contributed by atoms with Gasteiger partial charge in [0.1, 0.15) is 12.4 Å². The van der Waals surface area contributed by atoms with Crippen molar-refractivity contribution in [3.8, 4) is 22.6 Å². The van der Waals surface area contributed by atoms with Crippen molar-refractivity contribution in [2.45, 2.75) is 39.3 Å². The summed E-state index contributed by atoms with van der Waals surface area (Å²) in [7, 11) is 0. The van der Waals surface area contributed by atoms with Crippen molar-refractivity contribution in [2.24, 2.45) is 0 Å². The molecule has 6 rings (SSSR count). The maximum atomic E-state index is 6.15. The molecule has 2 fully saturated rings. The molecule has 0 N–H and O–H groups in total. The molecule has 0 atom stereocenters. The molecule has 1 aromatic heterocycles. The molecule has 0 spiro atoms. The largest absolute Gasteiger partial charge is 0.483 e. The second kappa shape index (κ2) is 9.43. The van der Waals surface area contributed by atoms with Gasteiger partial charge in [0.25, 0.3) is 0 Å². The van der Waals surface area contributed by atoms with E-state index in [2.05, 4.69) is 74.9 Å². The Morgan fingerprint density at radius 1 is 0.824 bits per heavy atom. The van der Waals surface area contributed by atoms with E-state index < -0.39 is 0 Å². The van der Waals surface area contributed by atoms with Gasteiger partial charge in [-0.15, -0.1) is 0 Å². The average Bonchev–Trinajstić information content (AvgIpc) is 3.32. The molecule has 0 radical (unpaired) electrons. The van der Waals surface area contributed by atoms with E-state index in [9.17, 15) is 0 Å². The number of hydrogen-bond acceptors (Lipinski definition) is 5. The molecule has 6 heteroatoms. The zero-order valence-electron chi connectivity index (χ0n) is 20.2. The fourth-order valence-corrected chi connectivity index (χ4v) is 5.54. The number of anilines is 1. The second-order valence-electron chi connectivity index (χ2n) is 9.79. The number of piperazine rings is 1. The molecule has 3 aliphatic rings. The van der Waals surface area contributed by atoms with Crippen LogP contribution in [0.1, 0.15) is 37.7 Å². The smallest absolute Gasteiger partial charge is 0.151 e. The van der Waals surface area contributed by atoms with Crippen LogP contribution in [0, 0.1) is 0 Å². The number of ether oxygens (including phenoxy) is 1. The van der Waals surface area contributed by atoms with E-state index in [1.54, 1.807) is 0 Å². The van der Waals surface area contributed by atoms with Gasteiger partial charge in [0, 0.05) is 44.6 Å². The highest BCUT2D eigenvalue weighted by Gasteiger charge is 2.22. The second-order valence-corrected chi connectivity index (χ2v) is 9.79. The number of fused-ring (bicyclic) bond motifs is 3. The first kappa shape index (κ1) is 21.7. The molecule has 178 valence electrons. The fraction of sp³-hybridized carbons (Fsp3) is 0.464. The van der Waals surface area contributed by atoms with Gasteiger partial charge in [-0.05, 0) is 67.9 Å². The Hall–Kier alpha value is -2.83. The van der Waals surface area contributed by atoms with Crippen molar-refractivity contribution >= 4 is 5.69 Å². The molecule has 2 saturated heterocycles. The van der Waals surface area contributed by atoms with Gasteiger partial charge in [-0.25, -0.2) is 4.98 Å². The van der Waals surface area contributed by atoms with Gasteiger partial charge in [-0.3, -0.25) is 9.47 Å². The summed E-state index contributed by atoms with van der Waals surface area (Å²) < 4.78 is 8.37. The molecule has 3 aromatic rings. The Bertz CT molecular complexity index is 1120. The number of imidazole rings is 1. The Kier molecular flexibility index (Phi) is 6.02. The number of likely N-dealkylation sites (tertiary alicyclic amines) is 1. The van der Waals surface area contributed by atoms with Crippen LogP contribution >= 0.6 is 0 Å². The summed E-state index contributed by atoms with van der Waals surface area (Å²) in [5.41, 5.74) is 5.97. The molecule has 6 nitrogen and oxygen atoms in total. The third-order valence-electron chi connectivity index (χ3n) is 7.62. The number of piperidine rings is 1. The zero-order chi connectivity index (χ0) is 22.9. The van der Waals surface area contributed by atoms with Crippen LogP contribution in [0.5, 0.6) is 5.75 Å². The highest BCUT2D eigenvalue weighted by atomic mass is 16.5. The van der Waals surface area contributed by atoms with Gasteiger partial charge in [0.2, 0.25) is 0 Å². The van der Waals surface area contributed by atoms with E-state index in [0.717, 1.165) is 62.2 Å². The van der Waals surface area contributed by atoms with Crippen molar-refractivity contribution in [3.05, 3.63) is 60.2 Å². The van der Waals surface area contributed by atoms with Crippen LogP contribution in [0.25, 0.3) is 16.8 Å². The lowest BCUT2D eigenvalue weighted by atomic mass is 10.0. The molecule has 0 aliphatic carbocycles. The van der Waals surface area contributed by atoms with E-state index in [-0.39, 0.29) is 0 Å². The molecule has 34 heavy (non-hydrogen) atoms. The normalized spacial score (nSPS) is 18.9. The van der Waals surface area contributed by atoms with Gasteiger partial charge >= 0.3 is 0 Å². The van der Waals surface area contributed by atoms with Gasteiger partial charge in [-0.1, -0.05) is 31.5 Å². The minimum Gasteiger partial charge on any atom is -0.483 e. The van der Waals surface area contributed by atoms with Crippen LogP contribution in [0.15, 0.2) is 48.7 Å². The molecule has 0 bridgehead atoms. The predicted molar refractivity (Wildman–Crippen MR) is 137 cm³/mol. The first-order chi connectivity index (χ1) is 16.8. The third-order valence-corrected chi connectivity index (χ3v) is 7.62. The van der Waals surface area contributed by atoms with Crippen LogP contribution in [0.3, 0.4) is 0 Å². The highest BCUT2D eigenvalue weighted by Crippen LogP contribution is 2.35. The van der Waals surface area contributed by atoms with Crippen LogP contribution < -0.4 is 9.64 Å². The van der Waals surface area contributed by atoms with E-state index in [4.69, 9.17) is 9.72 Å². The fourth-order valence-electron chi connectivity index (χ4n) is 5.54. The first-order valence-corrected chi connectivity index (χ1v) is 12.9. The summed E-state index contributed by atoms with van der Waals surface area (Å²) >= 11 is 0. The van der Waals surface area contributed by atoms with Crippen molar-refractivity contribution in [1.29, 1.82) is 0 Å². The monoisotopic (exact) mass is 457 g/mol. The van der Waals surface area contributed by atoms with Gasteiger partial charge in [0.05, 0.1) is 11.4 Å². The van der Waals surface area contributed by atoms with E-state index >= 15 is 0 Å². The lowest BCUT2D eigenvalue weighted by Gasteiger charge is -2.35. The Balaban J connectivity index is 1.18. The Labute approximate surface area is 202 Å². The van der Waals surface area contributed by atoms with Gasteiger partial charge in [-0.2, -0.15) is 0 Å².